The van der Waals surface area contributed by atoms with Crippen LogP contribution in [0.1, 0.15) is 104 Å². The van der Waals surface area contributed by atoms with Crippen molar-refractivity contribution in [3.8, 4) is 0 Å². The van der Waals surface area contributed by atoms with Gasteiger partial charge in [0.2, 0.25) is 0 Å². The maximum absolute atomic E-state index is 14.6. The van der Waals surface area contributed by atoms with Crippen LogP contribution in [0, 0.1) is 29.6 Å². The van der Waals surface area contributed by atoms with E-state index in [9.17, 15) is 24.6 Å². The van der Waals surface area contributed by atoms with Gasteiger partial charge in [0.25, 0.3) is 5.60 Å². The maximum Gasteiger partial charge on any atom is 0.350 e. The van der Waals surface area contributed by atoms with Crippen molar-refractivity contribution in [2.45, 2.75) is 133 Å². The molecule has 6 N–H and O–H groups in total. The quantitative estimate of drug-likeness (QED) is 0.0789. The summed E-state index contributed by atoms with van der Waals surface area (Å²) in [5.74, 6) is -1.56. The molecule has 0 bridgehead atoms. The molecule has 10 atom stereocenters. The number of ether oxygens (including phenoxy) is 2. The molecule has 4 fully saturated rings. The molecule has 0 radical (unpaired) electrons. The Morgan fingerprint density at radius 1 is 1.14 bits per heavy atom. The lowest BCUT2D eigenvalue weighted by Gasteiger charge is -2.41. The number of Topliss-reactive ketones (excluding diaryl/α,β-unsaturated/α-hetero) is 2. The van der Waals surface area contributed by atoms with E-state index in [1.165, 1.54) is 5.57 Å². The van der Waals surface area contributed by atoms with Gasteiger partial charge in [-0.15, -0.1) is 0 Å². The highest BCUT2D eigenvalue weighted by molar-refractivity contribution is 6.23. The van der Waals surface area contributed by atoms with Crippen molar-refractivity contribution in [3.63, 3.8) is 0 Å². The number of rotatable bonds is 14. The second kappa shape index (κ2) is 15.6. The Kier molecular flexibility index (Phi) is 11.6. The molecule has 0 aromatic rings. The molecule has 6 rings (SSSR count). The van der Waals surface area contributed by atoms with Gasteiger partial charge in [0.05, 0.1) is 12.8 Å². The molecule has 272 valence electrons. The number of fused-ring (bicyclic) bond motifs is 3. The zero-order valence-corrected chi connectivity index (χ0v) is 29.6. The van der Waals surface area contributed by atoms with Crippen LogP contribution in [0.25, 0.3) is 0 Å². The first-order chi connectivity index (χ1) is 23.7. The van der Waals surface area contributed by atoms with E-state index in [-0.39, 0.29) is 49.3 Å². The van der Waals surface area contributed by atoms with Crippen molar-refractivity contribution in [1.29, 1.82) is 0 Å². The fraction of sp³-hybridized carbons (Fsp3) is 0.769. The van der Waals surface area contributed by atoms with E-state index in [2.05, 4.69) is 35.8 Å². The average Bonchev–Trinajstić information content (AvgIpc) is 3.82. The molecule has 0 spiro atoms. The molecular weight excluding hydrogens is 622 g/mol. The molecule has 0 amide bonds. The monoisotopic (exact) mass is 681 g/mol. The van der Waals surface area contributed by atoms with Gasteiger partial charge in [-0.25, -0.2) is 4.79 Å². The third-order valence-corrected chi connectivity index (χ3v) is 12.7. The molecular formula is C39H59N3O7. The number of ketones is 2. The number of nitrogens with one attached hydrogen (secondary N) is 2. The van der Waals surface area contributed by atoms with Crippen LogP contribution in [0.3, 0.4) is 0 Å². The summed E-state index contributed by atoms with van der Waals surface area (Å²) in [6, 6.07) is -0.0367. The number of likely N-dealkylation sites (N-methyl/N-ethyl adjacent to an activating group) is 1. The molecule has 49 heavy (non-hydrogen) atoms. The first-order valence-corrected chi connectivity index (χ1v) is 19.2. The van der Waals surface area contributed by atoms with Gasteiger partial charge in [0.15, 0.2) is 17.2 Å². The largest absolute Gasteiger partial charge is 0.459 e. The number of aliphatic hydroxyl groups excluding tert-OH is 2. The van der Waals surface area contributed by atoms with Crippen LogP contribution in [0.15, 0.2) is 34.9 Å². The zero-order chi connectivity index (χ0) is 34.8. The Balaban J connectivity index is 1.28. The minimum absolute atomic E-state index is 0.00915. The zero-order valence-electron chi connectivity index (χ0n) is 29.6. The number of piperidine rings is 1. The summed E-state index contributed by atoms with van der Waals surface area (Å²) in [5.41, 5.74) is 5.40. The van der Waals surface area contributed by atoms with E-state index in [1.807, 2.05) is 6.92 Å². The summed E-state index contributed by atoms with van der Waals surface area (Å²) in [5, 5.41) is 27.3. The van der Waals surface area contributed by atoms with Crippen molar-refractivity contribution < 1.29 is 34.1 Å². The molecule has 4 aliphatic carbocycles. The second-order valence-electron chi connectivity index (χ2n) is 15.7. The molecule has 2 heterocycles. The van der Waals surface area contributed by atoms with E-state index < -0.39 is 35.1 Å². The van der Waals surface area contributed by atoms with E-state index in [0.717, 1.165) is 76.5 Å². The average molecular weight is 682 g/mol. The summed E-state index contributed by atoms with van der Waals surface area (Å²) in [4.78, 5) is 43.6. The Labute approximate surface area is 291 Å². The summed E-state index contributed by atoms with van der Waals surface area (Å²) in [6.07, 6.45) is 16.3. The first-order valence-electron chi connectivity index (χ1n) is 19.2. The fourth-order valence-electron chi connectivity index (χ4n) is 9.89. The molecule has 10 heteroatoms. The standard InChI is InChI=1S/C39H59N3O7/c1-3-41-32-21-27-10-5-4-9-26(27)20-31(32)33(13-8-18-43)48-37(47)39-36(46)30-12-7-6-11-29(30)35(45)38(39,49-39)22-28(23-44)24(2)14-15-25-16-17-42-34(40)19-25/h5,10,21,25-26,29-34,41-44H,3-4,6-9,11-20,22-23,40H2,1-2H3. The predicted molar refractivity (Wildman–Crippen MR) is 186 cm³/mol. The number of carbonyl (C=O) groups excluding carboxylic acids is 3. The number of hydrogen-bond acceptors (Lipinski definition) is 10. The van der Waals surface area contributed by atoms with Crippen LogP contribution in [0.5, 0.6) is 0 Å². The number of carbonyl (C=O) groups is 3. The van der Waals surface area contributed by atoms with Crippen molar-refractivity contribution in [1.82, 2.24) is 10.6 Å². The number of allylic oxidation sites excluding steroid dienone is 4. The number of esters is 1. The summed E-state index contributed by atoms with van der Waals surface area (Å²) >= 11 is 0. The number of nitrogens with two attached hydrogens (primary N) is 1. The molecule has 0 aromatic carbocycles. The number of aliphatic hydroxyl groups is 2. The highest BCUT2D eigenvalue weighted by atomic mass is 16.7. The van der Waals surface area contributed by atoms with Gasteiger partial charge in [-0.2, -0.15) is 0 Å². The van der Waals surface area contributed by atoms with Crippen molar-refractivity contribution >= 4 is 17.5 Å². The van der Waals surface area contributed by atoms with Gasteiger partial charge in [0.1, 0.15) is 6.10 Å². The number of hydrogen-bond donors (Lipinski definition) is 5. The minimum atomic E-state index is -2.00. The molecule has 2 saturated heterocycles. The molecule has 2 saturated carbocycles. The van der Waals surface area contributed by atoms with Crippen molar-refractivity contribution in [3.05, 3.63) is 34.9 Å². The molecule has 10 nitrogen and oxygen atoms in total. The van der Waals surface area contributed by atoms with Gasteiger partial charge >= 0.3 is 5.97 Å². The van der Waals surface area contributed by atoms with Gasteiger partial charge in [-0.1, -0.05) is 43.6 Å². The summed E-state index contributed by atoms with van der Waals surface area (Å²) in [6.45, 7) is 5.33. The smallest absolute Gasteiger partial charge is 0.350 e. The minimum Gasteiger partial charge on any atom is -0.459 e. The van der Waals surface area contributed by atoms with Crippen molar-refractivity contribution in [2.24, 2.45) is 35.3 Å². The Morgan fingerprint density at radius 2 is 1.92 bits per heavy atom. The van der Waals surface area contributed by atoms with Crippen LogP contribution in [-0.2, 0) is 23.9 Å². The second-order valence-corrected chi connectivity index (χ2v) is 15.7. The maximum atomic E-state index is 14.6. The van der Waals surface area contributed by atoms with Gasteiger partial charge < -0.3 is 36.1 Å². The first kappa shape index (κ1) is 36.6. The lowest BCUT2D eigenvalue weighted by Crippen LogP contribution is -2.59. The Bertz CT molecular complexity index is 1340. The lowest BCUT2D eigenvalue weighted by atomic mass is 9.60. The van der Waals surface area contributed by atoms with E-state index >= 15 is 0 Å². The highest BCUT2D eigenvalue weighted by Crippen LogP contribution is 2.62. The SMILES string of the molecule is CCNC1C=C2C=CCCC2CC1C(CCCO)OC(=O)C12OC1(CC(CO)=C(C)CCC1CCNC(N)C1)C(=O)C1CCCCC1C2=O. The Morgan fingerprint density at radius 3 is 2.63 bits per heavy atom. The van der Waals surface area contributed by atoms with E-state index in [0.29, 0.717) is 43.1 Å². The van der Waals surface area contributed by atoms with Crippen LogP contribution in [0.2, 0.25) is 0 Å². The van der Waals surface area contributed by atoms with Crippen LogP contribution in [-0.4, -0.2) is 83.6 Å². The normalized spacial score (nSPS) is 38.1. The lowest BCUT2D eigenvalue weighted by molar-refractivity contribution is -0.166. The Hall–Kier alpha value is -2.21. The predicted octanol–water partition coefficient (Wildman–Crippen LogP) is 3.79. The summed E-state index contributed by atoms with van der Waals surface area (Å²) < 4.78 is 12.8. The third-order valence-electron chi connectivity index (χ3n) is 12.7. The molecule has 10 unspecified atom stereocenters. The van der Waals surface area contributed by atoms with E-state index in [4.69, 9.17) is 15.2 Å². The highest BCUT2D eigenvalue weighted by Gasteiger charge is 2.87. The topological polar surface area (TPSA) is 164 Å². The molecule has 6 aliphatic rings. The number of epoxide rings is 1. The molecule has 2 aliphatic heterocycles. The third kappa shape index (κ3) is 7.03. The van der Waals surface area contributed by atoms with E-state index in [1.54, 1.807) is 0 Å². The summed E-state index contributed by atoms with van der Waals surface area (Å²) in [7, 11) is 0. The van der Waals surface area contributed by atoms with Crippen LogP contribution < -0.4 is 16.4 Å². The fourth-order valence-corrected chi connectivity index (χ4v) is 9.89. The van der Waals surface area contributed by atoms with Gasteiger partial charge in [-0.05, 0) is 114 Å². The van der Waals surface area contributed by atoms with Gasteiger partial charge in [-0.3, -0.25) is 9.59 Å². The van der Waals surface area contributed by atoms with Gasteiger partial charge in [0, 0.05) is 36.8 Å². The molecule has 0 aromatic heterocycles. The van der Waals surface area contributed by atoms with Crippen LogP contribution >= 0.6 is 0 Å². The van der Waals surface area contributed by atoms with Crippen molar-refractivity contribution in [2.75, 3.05) is 26.3 Å². The van der Waals surface area contributed by atoms with Crippen LogP contribution in [0.4, 0.5) is 0 Å².